The first kappa shape index (κ1) is 8.01. The van der Waals surface area contributed by atoms with E-state index < -0.39 is 0 Å². The molecule has 0 amide bonds. The maximum Gasteiger partial charge on any atom is 0.183 e. The number of thiazole rings is 1. The number of aryl methyl sites for hydroxylation is 1. The van der Waals surface area contributed by atoms with Crippen molar-refractivity contribution in [3.05, 3.63) is 11.1 Å². The Hall–Kier alpha value is -0.610. The summed E-state index contributed by atoms with van der Waals surface area (Å²) < 4.78 is 0. The Morgan fingerprint density at radius 3 is 3.08 bits per heavy atom. The third-order valence-electron chi connectivity index (χ3n) is 2.06. The summed E-state index contributed by atoms with van der Waals surface area (Å²) in [6.45, 7) is 2.11. The third-order valence-corrected chi connectivity index (χ3v) is 2.88. The summed E-state index contributed by atoms with van der Waals surface area (Å²) in [4.78, 5) is 4.40. The fourth-order valence-electron chi connectivity index (χ4n) is 1.07. The first-order valence-corrected chi connectivity index (χ1v) is 5.14. The van der Waals surface area contributed by atoms with Gasteiger partial charge in [0.25, 0.3) is 0 Å². The second-order valence-corrected chi connectivity index (χ2v) is 4.01. The van der Waals surface area contributed by atoms with Crippen molar-refractivity contribution in [1.29, 1.82) is 0 Å². The second-order valence-electron chi connectivity index (χ2n) is 3.15. The van der Waals surface area contributed by atoms with Gasteiger partial charge in [0.05, 0.1) is 5.69 Å². The van der Waals surface area contributed by atoms with E-state index in [9.17, 15) is 0 Å². The highest BCUT2D eigenvalue weighted by Crippen LogP contribution is 2.25. The van der Waals surface area contributed by atoms with Crippen LogP contribution in [-0.2, 0) is 6.42 Å². The van der Waals surface area contributed by atoms with Crippen LogP contribution in [0.4, 0.5) is 5.13 Å². The maximum atomic E-state index is 5.67. The molecule has 2 rings (SSSR count). The molecule has 1 heterocycles. The standard InChI is InChI=1S/C8H13N3S/c1-2-5-4-12-8(10-5)11-7-3-6(7)9/h4,6-7H,2-3,9H2,1H3,(H,10,11). The summed E-state index contributed by atoms with van der Waals surface area (Å²) in [6.07, 6.45) is 2.09. The van der Waals surface area contributed by atoms with Crippen LogP contribution in [-0.4, -0.2) is 17.1 Å². The average molecular weight is 183 g/mol. The lowest BCUT2D eigenvalue weighted by Crippen LogP contribution is -2.12. The first-order chi connectivity index (χ1) is 5.79. The summed E-state index contributed by atoms with van der Waals surface area (Å²) in [7, 11) is 0. The highest BCUT2D eigenvalue weighted by Gasteiger charge is 2.33. The molecule has 0 aliphatic heterocycles. The zero-order valence-electron chi connectivity index (χ0n) is 7.08. The van der Waals surface area contributed by atoms with E-state index in [0.29, 0.717) is 12.1 Å². The van der Waals surface area contributed by atoms with Crippen LogP contribution < -0.4 is 11.1 Å². The van der Waals surface area contributed by atoms with E-state index in [4.69, 9.17) is 5.73 Å². The predicted octanol–water partition coefficient (Wildman–Crippen LogP) is 1.22. The fraction of sp³-hybridized carbons (Fsp3) is 0.625. The van der Waals surface area contributed by atoms with Crippen molar-refractivity contribution in [2.24, 2.45) is 5.73 Å². The molecular formula is C8H13N3S. The molecule has 1 aliphatic rings. The highest BCUT2D eigenvalue weighted by molar-refractivity contribution is 7.13. The molecule has 4 heteroatoms. The van der Waals surface area contributed by atoms with Gasteiger partial charge in [-0.3, -0.25) is 0 Å². The Labute approximate surface area is 76.0 Å². The molecule has 1 aromatic heterocycles. The normalized spacial score (nSPS) is 27.2. The molecular weight excluding hydrogens is 170 g/mol. The maximum absolute atomic E-state index is 5.67. The number of rotatable bonds is 3. The van der Waals surface area contributed by atoms with Crippen molar-refractivity contribution < 1.29 is 0 Å². The predicted molar refractivity (Wildman–Crippen MR) is 51.5 cm³/mol. The van der Waals surface area contributed by atoms with Crippen LogP contribution in [0.15, 0.2) is 5.38 Å². The van der Waals surface area contributed by atoms with Crippen LogP contribution in [0.5, 0.6) is 0 Å². The monoisotopic (exact) mass is 183 g/mol. The summed E-state index contributed by atoms with van der Waals surface area (Å²) in [5.41, 5.74) is 6.83. The van der Waals surface area contributed by atoms with Crippen molar-refractivity contribution >= 4 is 16.5 Å². The summed E-state index contributed by atoms with van der Waals surface area (Å²) in [6, 6.07) is 0.819. The second kappa shape index (κ2) is 3.03. The van der Waals surface area contributed by atoms with Crippen LogP contribution >= 0.6 is 11.3 Å². The molecule has 2 atom stereocenters. The molecule has 1 aromatic rings. The topological polar surface area (TPSA) is 50.9 Å². The number of nitrogens with one attached hydrogen (secondary N) is 1. The van der Waals surface area contributed by atoms with E-state index in [-0.39, 0.29) is 0 Å². The van der Waals surface area contributed by atoms with Crippen LogP contribution in [0.1, 0.15) is 19.0 Å². The van der Waals surface area contributed by atoms with Crippen molar-refractivity contribution in [1.82, 2.24) is 4.98 Å². The largest absolute Gasteiger partial charge is 0.357 e. The van der Waals surface area contributed by atoms with Crippen molar-refractivity contribution in [3.8, 4) is 0 Å². The molecule has 1 aliphatic carbocycles. The smallest absolute Gasteiger partial charge is 0.183 e. The van der Waals surface area contributed by atoms with Gasteiger partial charge >= 0.3 is 0 Å². The van der Waals surface area contributed by atoms with Gasteiger partial charge in [-0.05, 0) is 12.8 Å². The minimum Gasteiger partial charge on any atom is -0.357 e. The molecule has 1 fully saturated rings. The van der Waals surface area contributed by atoms with Crippen LogP contribution in [0.2, 0.25) is 0 Å². The zero-order chi connectivity index (χ0) is 8.55. The minimum absolute atomic E-state index is 0.346. The Bertz CT molecular complexity index is 271. The Kier molecular flexibility index (Phi) is 2.02. The van der Waals surface area contributed by atoms with E-state index in [1.165, 1.54) is 0 Å². The number of anilines is 1. The van der Waals surface area contributed by atoms with E-state index in [1.807, 2.05) is 0 Å². The molecule has 0 saturated heterocycles. The van der Waals surface area contributed by atoms with Gasteiger partial charge in [0, 0.05) is 17.5 Å². The first-order valence-electron chi connectivity index (χ1n) is 4.26. The van der Waals surface area contributed by atoms with Gasteiger partial charge in [-0.25, -0.2) is 4.98 Å². The number of nitrogens with two attached hydrogens (primary N) is 1. The molecule has 0 bridgehead atoms. The SMILES string of the molecule is CCc1csc(NC2CC2N)n1. The van der Waals surface area contributed by atoms with Crippen molar-refractivity contribution in [3.63, 3.8) is 0 Å². The van der Waals surface area contributed by atoms with Crippen molar-refractivity contribution in [2.75, 3.05) is 5.32 Å². The number of hydrogen-bond acceptors (Lipinski definition) is 4. The molecule has 0 spiro atoms. The van der Waals surface area contributed by atoms with Gasteiger partial charge in [-0.1, -0.05) is 6.92 Å². The molecule has 0 radical (unpaired) electrons. The van der Waals surface area contributed by atoms with Gasteiger partial charge in [-0.2, -0.15) is 0 Å². The highest BCUT2D eigenvalue weighted by atomic mass is 32.1. The average Bonchev–Trinajstić information content (AvgIpc) is 2.61. The van der Waals surface area contributed by atoms with Crippen LogP contribution in [0, 0.1) is 0 Å². The van der Waals surface area contributed by atoms with E-state index in [0.717, 1.165) is 23.7 Å². The quantitative estimate of drug-likeness (QED) is 0.740. The molecule has 1 saturated carbocycles. The van der Waals surface area contributed by atoms with Gasteiger partial charge in [0.2, 0.25) is 0 Å². The lowest BCUT2D eigenvalue weighted by molar-refractivity contribution is 0.993. The summed E-state index contributed by atoms with van der Waals surface area (Å²) in [5, 5.41) is 6.41. The minimum atomic E-state index is 0.346. The molecule has 2 unspecified atom stereocenters. The summed E-state index contributed by atoms with van der Waals surface area (Å²) in [5.74, 6) is 0. The van der Waals surface area contributed by atoms with E-state index >= 15 is 0 Å². The Balaban J connectivity index is 1.95. The molecule has 3 nitrogen and oxygen atoms in total. The molecule has 66 valence electrons. The number of nitrogens with zero attached hydrogens (tertiary/aromatic N) is 1. The Morgan fingerprint density at radius 1 is 1.83 bits per heavy atom. The third kappa shape index (κ3) is 1.59. The lowest BCUT2D eigenvalue weighted by Gasteiger charge is -1.97. The van der Waals surface area contributed by atoms with E-state index in [1.54, 1.807) is 11.3 Å². The molecule has 3 N–H and O–H groups in total. The number of hydrogen-bond donors (Lipinski definition) is 2. The molecule has 0 aromatic carbocycles. The fourth-order valence-corrected chi connectivity index (χ4v) is 1.93. The van der Waals surface area contributed by atoms with Gasteiger partial charge in [0.1, 0.15) is 0 Å². The van der Waals surface area contributed by atoms with Gasteiger partial charge in [-0.15, -0.1) is 11.3 Å². The van der Waals surface area contributed by atoms with Crippen LogP contribution in [0.3, 0.4) is 0 Å². The lowest BCUT2D eigenvalue weighted by atomic mass is 10.4. The van der Waals surface area contributed by atoms with Gasteiger partial charge in [0.15, 0.2) is 5.13 Å². The van der Waals surface area contributed by atoms with Gasteiger partial charge < -0.3 is 11.1 Å². The zero-order valence-corrected chi connectivity index (χ0v) is 7.90. The van der Waals surface area contributed by atoms with Crippen molar-refractivity contribution in [2.45, 2.75) is 31.8 Å². The Morgan fingerprint density at radius 2 is 2.58 bits per heavy atom. The molecule has 12 heavy (non-hydrogen) atoms. The number of aromatic nitrogens is 1. The van der Waals surface area contributed by atoms with E-state index in [2.05, 4.69) is 22.6 Å². The van der Waals surface area contributed by atoms with Crippen LogP contribution in [0.25, 0.3) is 0 Å². The summed E-state index contributed by atoms with van der Waals surface area (Å²) >= 11 is 1.67.